The Hall–Kier alpha value is -1.80. The van der Waals surface area contributed by atoms with Crippen molar-refractivity contribution in [2.75, 3.05) is 37.9 Å². The summed E-state index contributed by atoms with van der Waals surface area (Å²) in [4.78, 5) is 6.03. The first-order chi connectivity index (χ1) is 7.19. The van der Waals surface area contributed by atoms with Crippen LogP contribution in [0.25, 0.3) is 0 Å². The van der Waals surface area contributed by atoms with Crippen LogP contribution in [0.15, 0.2) is 12.1 Å². The maximum Gasteiger partial charge on any atom is 0.165 e. The Balaban J connectivity index is 2.82. The molecule has 0 atom stereocenters. The Kier molecular flexibility index (Phi) is 3.89. The van der Waals surface area contributed by atoms with Crippen LogP contribution in [-0.2, 0) is 4.74 Å². The number of rotatable bonds is 4. The quantitative estimate of drug-likeness (QED) is 0.781. The van der Waals surface area contributed by atoms with E-state index in [4.69, 9.17) is 15.7 Å². The van der Waals surface area contributed by atoms with Crippen molar-refractivity contribution in [1.82, 2.24) is 4.98 Å². The molecule has 0 spiro atoms. The molecule has 0 saturated carbocycles. The second-order valence-electron chi connectivity index (χ2n) is 3.13. The van der Waals surface area contributed by atoms with E-state index in [0.717, 1.165) is 12.4 Å². The van der Waals surface area contributed by atoms with E-state index in [1.165, 1.54) is 0 Å². The number of hydrogen-bond acceptors (Lipinski definition) is 5. The maximum absolute atomic E-state index is 8.77. The van der Waals surface area contributed by atoms with Gasteiger partial charge in [-0.05, 0) is 12.1 Å². The van der Waals surface area contributed by atoms with Gasteiger partial charge in [0.2, 0.25) is 0 Å². The lowest BCUT2D eigenvalue weighted by Gasteiger charge is -2.17. The molecule has 1 heterocycles. The van der Waals surface area contributed by atoms with E-state index in [2.05, 4.69) is 4.98 Å². The van der Waals surface area contributed by atoms with Gasteiger partial charge in [-0.25, -0.2) is 4.98 Å². The van der Waals surface area contributed by atoms with Crippen LogP contribution in [0.3, 0.4) is 0 Å². The Labute approximate surface area is 89.1 Å². The van der Waals surface area contributed by atoms with Crippen LogP contribution in [0, 0.1) is 11.3 Å². The van der Waals surface area contributed by atoms with E-state index in [9.17, 15) is 0 Å². The predicted molar refractivity (Wildman–Crippen MR) is 58.5 cm³/mol. The van der Waals surface area contributed by atoms with Crippen LogP contribution in [0.5, 0.6) is 0 Å². The molecule has 1 rings (SSSR count). The highest BCUT2D eigenvalue weighted by Gasteiger charge is 2.05. The van der Waals surface area contributed by atoms with E-state index < -0.39 is 0 Å². The molecule has 2 N–H and O–H groups in total. The number of anilines is 2. The molecule has 5 heteroatoms. The van der Waals surface area contributed by atoms with Gasteiger partial charge in [-0.3, -0.25) is 0 Å². The molecule has 0 bridgehead atoms. The lowest BCUT2D eigenvalue weighted by Crippen LogP contribution is -2.23. The summed E-state index contributed by atoms with van der Waals surface area (Å²) in [6, 6.07) is 5.42. The van der Waals surface area contributed by atoms with Crippen molar-refractivity contribution in [3.8, 4) is 6.07 Å². The summed E-state index contributed by atoms with van der Waals surface area (Å²) >= 11 is 0. The summed E-state index contributed by atoms with van der Waals surface area (Å²) in [5, 5.41) is 8.77. The number of likely N-dealkylation sites (N-methyl/N-ethyl adjacent to an activating group) is 1. The number of ether oxygens (including phenoxy) is 1. The summed E-state index contributed by atoms with van der Waals surface area (Å²) < 4.78 is 4.96. The van der Waals surface area contributed by atoms with E-state index in [-0.39, 0.29) is 5.69 Å². The summed E-state index contributed by atoms with van der Waals surface area (Å²) in [6.07, 6.45) is 0. The first-order valence-electron chi connectivity index (χ1n) is 4.55. The highest BCUT2D eigenvalue weighted by Crippen LogP contribution is 2.14. The monoisotopic (exact) mass is 206 g/mol. The third-order valence-corrected chi connectivity index (χ3v) is 2.04. The van der Waals surface area contributed by atoms with E-state index in [1.807, 2.05) is 18.0 Å². The number of hydrogen-bond donors (Lipinski definition) is 1. The van der Waals surface area contributed by atoms with Gasteiger partial charge in [0.15, 0.2) is 5.69 Å². The summed E-state index contributed by atoms with van der Waals surface area (Å²) in [6.45, 7) is 1.34. The van der Waals surface area contributed by atoms with Crippen molar-refractivity contribution < 1.29 is 4.74 Å². The minimum atomic E-state index is 0.261. The number of nitrogens with zero attached hydrogens (tertiary/aromatic N) is 3. The third kappa shape index (κ3) is 2.82. The number of pyridine rings is 1. The van der Waals surface area contributed by atoms with E-state index >= 15 is 0 Å². The van der Waals surface area contributed by atoms with Crippen molar-refractivity contribution in [3.05, 3.63) is 17.8 Å². The number of aromatic nitrogens is 1. The van der Waals surface area contributed by atoms with E-state index in [0.29, 0.717) is 12.3 Å². The Morgan fingerprint density at radius 1 is 1.60 bits per heavy atom. The van der Waals surface area contributed by atoms with Gasteiger partial charge in [-0.1, -0.05) is 0 Å². The van der Waals surface area contributed by atoms with E-state index in [1.54, 1.807) is 19.2 Å². The van der Waals surface area contributed by atoms with Crippen molar-refractivity contribution in [3.63, 3.8) is 0 Å². The number of nitriles is 1. The average molecular weight is 206 g/mol. The molecule has 80 valence electrons. The van der Waals surface area contributed by atoms with Crippen LogP contribution < -0.4 is 10.6 Å². The average Bonchev–Trinajstić information content (AvgIpc) is 2.26. The van der Waals surface area contributed by atoms with Gasteiger partial charge in [0, 0.05) is 20.7 Å². The minimum Gasteiger partial charge on any atom is -0.396 e. The number of nitrogen functional groups attached to an aromatic ring is 1. The molecular weight excluding hydrogens is 192 g/mol. The summed E-state index contributed by atoms with van der Waals surface area (Å²) in [5.74, 6) is 0.720. The second kappa shape index (κ2) is 5.17. The molecule has 0 saturated heterocycles. The third-order valence-electron chi connectivity index (χ3n) is 2.04. The molecule has 0 radical (unpaired) electrons. The lowest BCUT2D eigenvalue weighted by molar-refractivity contribution is 0.206. The lowest BCUT2D eigenvalue weighted by atomic mass is 10.3. The van der Waals surface area contributed by atoms with Crippen LogP contribution in [0.4, 0.5) is 11.5 Å². The molecule has 0 aliphatic heterocycles. The molecule has 1 aromatic rings. The van der Waals surface area contributed by atoms with Gasteiger partial charge in [-0.2, -0.15) is 5.26 Å². The predicted octanol–water partition coefficient (Wildman–Crippen LogP) is 0.618. The second-order valence-corrected chi connectivity index (χ2v) is 3.13. The molecule has 0 aromatic carbocycles. The number of methoxy groups -OCH3 is 1. The topological polar surface area (TPSA) is 75.2 Å². The van der Waals surface area contributed by atoms with Crippen LogP contribution >= 0.6 is 0 Å². The van der Waals surface area contributed by atoms with Crippen molar-refractivity contribution >= 4 is 11.5 Å². The summed E-state index contributed by atoms with van der Waals surface area (Å²) in [5.41, 5.74) is 6.24. The smallest absolute Gasteiger partial charge is 0.165 e. The zero-order valence-corrected chi connectivity index (χ0v) is 8.90. The fourth-order valence-electron chi connectivity index (χ4n) is 1.10. The van der Waals surface area contributed by atoms with Crippen LogP contribution in [0.2, 0.25) is 0 Å². The van der Waals surface area contributed by atoms with Gasteiger partial charge in [-0.15, -0.1) is 0 Å². The number of nitrogens with two attached hydrogens (primary N) is 1. The first-order valence-corrected chi connectivity index (χ1v) is 4.55. The molecule has 15 heavy (non-hydrogen) atoms. The molecule has 0 unspecified atom stereocenters. The Morgan fingerprint density at radius 3 is 2.93 bits per heavy atom. The SMILES string of the molecule is COCCN(C)c1ccc(N)c(C#N)n1. The molecule has 5 nitrogen and oxygen atoms in total. The molecular formula is C10H14N4O. The molecule has 0 fully saturated rings. The molecule has 1 aromatic heterocycles. The van der Waals surface area contributed by atoms with Crippen molar-refractivity contribution in [2.45, 2.75) is 0 Å². The highest BCUT2D eigenvalue weighted by atomic mass is 16.5. The Bertz CT molecular complexity index is 372. The first kappa shape index (κ1) is 11.3. The van der Waals surface area contributed by atoms with Crippen molar-refractivity contribution in [1.29, 1.82) is 5.26 Å². The zero-order chi connectivity index (χ0) is 11.3. The van der Waals surface area contributed by atoms with Crippen LogP contribution in [-0.4, -0.2) is 32.3 Å². The minimum absolute atomic E-state index is 0.261. The fourth-order valence-corrected chi connectivity index (χ4v) is 1.10. The fraction of sp³-hybridized carbons (Fsp3) is 0.400. The van der Waals surface area contributed by atoms with Gasteiger partial charge >= 0.3 is 0 Å². The molecule has 0 aliphatic rings. The van der Waals surface area contributed by atoms with Gasteiger partial charge in [0.25, 0.3) is 0 Å². The van der Waals surface area contributed by atoms with Gasteiger partial charge in [0.1, 0.15) is 11.9 Å². The standard InChI is InChI=1S/C10H14N4O/c1-14(5-6-15-2)10-4-3-8(12)9(7-11)13-10/h3-4H,5-6,12H2,1-2H3. The largest absolute Gasteiger partial charge is 0.396 e. The normalized spacial score (nSPS) is 9.67. The van der Waals surface area contributed by atoms with Crippen LogP contribution in [0.1, 0.15) is 5.69 Å². The van der Waals surface area contributed by atoms with Crippen molar-refractivity contribution in [2.24, 2.45) is 0 Å². The maximum atomic E-state index is 8.77. The zero-order valence-electron chi connectivity index (χ0n) is 8.90. The molecule has 0 amide bonds. The van der Waals surface area contributed by atoms with Gasteiger partial charge in [0.05, 0.1) is 12.3 Å². The molecule has 0 aliphatic carbocycles. The summed E-state index contributed by atoms with van der Waals surface area (Å²) in [7, 11) is 3.53. The Morgan fingerprint density at radius 2 is 2.33 bits per heavy atom. The highest BCUT2D eigenvalue weighted by molar-refractivity contribution is 5.55. The van der Waals surface area contributed by atoms with Gasteiger partial charge < -0.3 is 15.4 Å².